The topological polar surface area (TPSA) is 40.0 Å². The summed E-state index contributed by atoms with van der Waals surface area (Å²) < 4.78 is 16.2. The number of hydrogen-bond donors (Lipinski definition) is 0. The van der Waals surface area contributed by atoms with Gasteiger partial charge in [0, 0.05) is 0 Å². The Bertz CT molecular complexity index is 452. The molecule has 0 saturated heterocycles. The molecule has 1 aliphatic rings. The van der Waals surface area contributed by atoms with Crippen molar-refractivity contribution in [2.24, 2.45) is 4.99 Å². The van der Waals surface area contributed by atoms with E-state index in [0.717, 1.165) is 5.56 Å². The number of hydrogen-bond acceptors (Lipinski definition) is 4. The molecule has 0 bridgehead atoms. The first-order chi connectivity index (χ1) is 8.07. The minimum Gasteiger partial charge on any atom is -0.493 e. The Morgan fingerprint density at radius 1 is 1.24 bits per heavy atom. The van der Waals surface area contributed by atoms with Gasteiger partial charge in [-0.25, -0.2) is 4.99 Å². The van der Waals surface area contributed by atoms with E-state index in [1.807, 2.05) is 32.0 Å². The van der Waals surface area contributed by atoms with E-state index in [4.69, 9.17) is 14.2 Å². The molecule has 0 saturated carbocycles. The van der Waals surface area contributed by atoms with E-state index >= 15 is 0 Å². The molecule has 0 unspecified atom stereocenters. The molecule has 0 fully saturated rings. The molecule has 1 aliphatic heterocycles. The predicted octanol–water partition coefficient (Wildman–Crippen LogP) is 2.26. The molecular weight excluding hydrogens is 218 g/mol. The number of aliphatic imine (C=N–C) groups is 1. The van der Waals surface area contributed by atoms with Crippen molar-refractivity contribution in [2.45, 2.75) is 19.4 Å². The molecule has 4 heteroatoms. The van der Waals surface area contributed by atoms with Gasteiger partial charge >= 0.3 is 0 Å². The Morgan fingerprint density at radius 3 is 2.53 bits per heavy atom. The number of nitrogens with zero attached hydrogens (tertiary/aromatic N) is 1. The van der Waals surface area contributed by atoms with E-state index in [2.05, 4.69) is 4.99 Å². The first-order valence-electron chi connectivity index (χ1n) is 5.51. The first-order valence-corrected chi connectivity index (χ1v) is 5.51. The molecule has 0 radical (unpaired) electrons. The minimum atomic E-state index is -0.177. The van der Waals surface area contributed by atoms with Crippen LogP contribution in [0.15, 0.2) is 23.2 Å². The third-order valence-electron chi connectivity index (χ3n) is 2.60. The second kappa shape index (κ2) is 4.28. The Morgan fingerprint density at radius 2 is 2.00 bits per heavy atom. The number of rotatable bonds is 3. The SMILES string of the molecule is COc1cccc(C2=NC(C)(C)CO2)c1OC. The highest BCUT2D eigenvalue weighted by atomic mass is 16.5. The molecule has 92 valence electrons. The standard InChI is InChI=1S/C13H17NO3/c1-13(2)8-17-12(14-13)9-6-5-7-10(15-3)11(9)16-4/h5-7H,8H2,1-4H3. The monoisotopic (exact) mass is 235 g/mol. The molecule has 2 rings (SSSR count). The van der Waals surface area contributed by atoms with Gasteiger partial charge in [-0.2, -0.15) is 0 Å². The lowest BCUT2D eigenvalue weighted by Gasteiger charge is -2.11. The van der Waals surface area contributed by atoms with E-state index in [1.165, 1.54) is 0 Å². The normalized spacial score (nSPS) is 17.3. The zero-order chi connectivity index (χ0) is 12.5. The van der Waals surface area contributed by atoms with Gasteiger partial charge in [-0.05, 0) is 26.0 Å². The van der Waals surface area contributed by atoms with Crippen molar-refractivity contribution in [1.29, 1.82) is 0 Å². The summed E-state index contributed by atoms with van der Waals surface area (Å²) in [6.07, 6.45) is 0. The number of methoxy groups -OCH3 is 2. The highest BCUT2D eigenvalue weighted by molar-refractivity contribution is 5.98. The lowest BCUT2D eigenvalue weighted by molar-refractivity contribution is 0.278. The summed E-state index contributed by atoms with van der Waals surface area (Å²) in [4.78, 5) is 4.53. The molecule has 17 heavy (non-hydrogen) atoms. The fourth-order valence-electron chi connectivity index (χ4n) is 1.78. The molecule has 0 aliphatic carbocycles. The summed E-state index contributed by atoms with van der Waals surface area (Å²) in [7, 11) is 3.23. The molecule has 1 heterocycles. The average Bonchev–Trinajstić information content (AvgIpc) is 2.68. The Balaban J connectivity index is 2.46. The van der Waals surface area contributed by atoms with E-state index < -0.39 is 0 Å². The molecule has 1 aromatic carbocycles. The number of benzene rings is 1. The Hall–Kier alpha value is -1.71. The van der Waals surface area contributed by atoms with Gasteiger partial charge < -0.3 is 14.2 Å². The molecule has 0 spiro atoms. The quantitative estimate of drug-likeness (QED) is 0.806. The van der Waals surface area contributed by atoms with Crippen LogP contribution in [-0.2, 0) is 4.74 Å². The smallest absolute Gasteiger partial charge is 0.220 e. The summed E-state index contributed by atoms with van der Waals surface area (Å²) in [5.74, 6) is 1.96. The maximum Gasteiger partial charge on any atom is 0.220 e. The summed E-state index contributed by atoms with van der Waals surface area (Å²) >= 11 is 0. The third-order valence-corrected chi connectivity index (χ3v) is 2.60. The van der Waals surface area contributed by atoms with Crippen LogP contribution < -0.4 is 9.47 Å². The fourth-order valence-corrected chi connectivity index (χ4v) is 1.78. The second-order valence-electron chi connectivity index (χ2n) is 4.56. The lowest BCUT2D eigenvalue weighted by atomic mass is 10.1. The summed E-state index contributed by atoms with van der Waals surface area (Å²) in [6.45, 7) is 4.65. The number of para-hydroxylation sites is 1. The third kappa shape index (κ3) is 2.20. The summed E-state index contributed by atoms with van der Waals surface area (Å²) in [5.41, 5.74) is 0.654. The van der Waals surface area contributed by atoms with Crippen molar-refractivity contribution >= 4 is 5.90 Å². The predicted molar refractivity (Wildman–Crippen MR) is 66.1 cm³/mol. The van der Waals surface area contributed by atoms with Crippen molar-refractivity contribution in [3.8, 4) is 11.5 Å². The van der Waals surface area contributed by atoms with Crippen molar-refractivity contribution in [3.63, 3.8) is 0 Å². The number of ether oxygens (including phenoxy) is 3. The molecule has 0 N–H and O–H groups in total. The van der Waals surface area contributed by atoms with Crippen LogP contribution in [0.5, 0.6) is 11.5 Å². The van der Waals surface area contributed by atoms with Gasteiger partial charge in [0.2, 0.25) is 5.90 Å². The van der Waals surface area contributed by atoms with Crippen LogP contribution in [0.2, 0.25) is 0 Å². The van der Waals surface area contributed by atoms with Gasteiger partial charge in [-0.15, -0.1) is 0 Å². The van der Waals surface area contributed by atoms with Crippen molar-refractivity contribution in [2.75, 3.05) is 20.8 Å². The van der Waals surface area contributed by atoms with E-state index in [-0.39, 0.29) is 5.54 Å². The minimum absolute atomic E-state index is 0.177. The molecule has 1 aromatic rings. The van der Waals surface area contributed by atoms with E-state index in [0.29, 0.717) is 24.0 Å². The fraction of sp³-hybridized carbons (Fsp3) is 0.462. The molecule has 0 amide bonds. The largest absolute Gasteiger partial charge is 0.493 e. The Labute approximate surface area is 101 Å². The maximum absolute atomic E-state index is 5.61. The van der Waals surface area contributed by atoms with Crippen LogP contribution >= 0.6 is 0 Å². The average molecular weight is 235 g/mol. The molecule has 0 atom stereocenters. The summed E-state index contributed by atoms with van der Waals surface area (Å²) in [6, 6.07) is 5.67. The Kier molecular flexibility index (Phi) is 2.96. The van der Waals surface area contributed by atoms with Gasteiger partial charge in [0.05, 0.1) is 25.3 Å². The highest BCUT2D eigenvalue weighted by Gasteiger charge is 2.29. The highest BCUT2D eigenvalue weighted by Crippen LogP contribution is 2.33. The van der Waals surface area contributed by atoms with Gasteiger partial charge in [0.25, 0.3) is 0 Å². The van der Waals surface area contributed by atoms with Crippen LogP contribution in [0.1, 0.15) is 19.4 Å². The van der Waals surface area contributed by atoms with Crippen molar-refractivity contribution in [1.82, 2.24) is 0 Å². The zero-order valence-corrected chi connectivity index (χ0v) is 10.6. The molecular formula is C13H17NO3. The molecule has 0 aromatic heterocycles. The van der Waals surface area contributed by atoms with Gasteiger partial charge in [0.1, 0.15) is 6.61 Å². The van der Waals surface area contributed by atoms with Crippen molar-refractivity contribution < 1.29 is 14.2 Å². The van der Waals surface area contributed by atoms with E-state index in [1.54, 1.807) is 14.2 Å². The second-order valence-corrected chi connectivity index (χ2v) is 4.56. The summed E-state index contributed by atoms with van der Waals surface area (Å²) in [5, 5.41) is 0. The van der Waals surface area contributed by atoms with Crippen LogP contribution in [0, 0.1) is 0 Å². The molecule has 4 nitrogen and oxygen atoms in total. The first kappa shape index (κ1) is 11.8. The van der Waals surface area contributed by atoms with Crippen molar-refractivity contribution in [3.05, 3.63) is 23.8 Å². The van der Waals surface area contributed by atoms with Gasteiger partial charge in [-0.1, -0.05) is 6.07 Å². The van der Waals surface area contributed by atoms with E-state index in [9.17, 15) is 0 Å². The van der Waals surface area contributed by atoms with Gasteiger partial charge in [0.15, 0.2) is 11.5 Å². The van der Waals surface area contributed by atoms with Gasteiger partial charge in [-0.3, -0.25) is 0 Å². The van der Waals surface area contributed by atoms with Crippen LogP contribution in [-0.4, -0.2) is 32.3 Å². The maximum atomic E-state index is 5.61. The lowest BCUT2D eigenvalue weighted by Crippen LogP contribution is -2.17. The van der Waals surface area contributed by atoms with Crippen LogP contribution in [0.4, 0.5) is 0 Å². The van der Waals surface area contributed by atoms with Crippen LogP contribution in [0.3, 0.4) is 0 Å². The van der Waals surface area contributed by atoms with Crippen LogP contribution in [0.25, 0.3) is 0 Å². The zero-order valence-electron chi connectivity index (χ0n) is 10.6.